The van der Waals surface area contributed by atoms with Crippen LogP contribution in [0.15, 0.2) is 41.1 Å². The second kappa shape index (κ2) is 5.69. The van der Waals surface area contributed by atoms with Gasteiger partial charge in [-0.1, -0.05) is 12.1 Å². The SMILES string of the molecule is CC(NC(=O)Cc1cccc(O)c1)c1ccsc1. The molecular formula is C14H15NO2S. The summed E-state index contributed by atoms with van der Waals surface area (Å²) in [7, 11) is 0. The van der Waals surface area contributed by atoms with Crippen molar-refractivity contribution in [2.45, 2.75) is 19.4 Å². The maximum atomic E-state index is 11.8. The number of phenolic OH excluding ortho intramolecular Hbond substituents is 1. The standard InChI is InChI=1S/C14H15NO2S/c1-10(12-5-6-18-9-12)15-14(17)8-11-3-2-4-13(16)7-11/h2-7,9-10,16H,8H2,1H3,(H,15,17). The van der Waals surface area contributed by atoms with E-state index in [1.165, 1.54) is 0 Å². The van der Waals surface area contributed by atoms with Crippen molar-refractivity contribution in [3.63, 3.8) is 0 Å². The van der Waals surface area contributed by atoms with E-state index in [0.29, 0.717) is 0 Å². The van der Waals surface area contributed by atoms with Gasteiger partial charge in [-0.2, -0.15) is 11.3 Å². The van der Waals surface area contributed by atoms with Crippen molar-refractivity contribution in [3.8, 4) is 5.75 Å². The molecule has 1 unspecified atom stereocenters. The van der Waals surface area contributed by atoms with Crippen LogP contribution in [0.1, 0.15) is 24.1 Å². The Morgan fingerprint density at radius 1 is 1.44 bits per heavy atom. The second-order valence-corrected chi connectivity index (χ2v) is 4.97. The summed E-state index contributed by atoms with van der Waals surface area (Å²) in [6.45, 7) is 1.96. The van der Waals surface area contributed by atoms with Crippen LogP contribution in [0.4, 0.5) is 0 Å². The molecule has 0 fully saturated rings. The van der Waals surface area contributed by atoms with Gasteiger partial charge in [0.05, 0.1) is 12.5 Å². The van der Waals surface area contributed by atoms with Gasteiger partial charge >= 0.3 is 0 Å². The van der Waals surface area contributed by atoms with Gasteiger partial charge in [-0.25, -0.2) is 0 Å². The first-order chi connectivity index (χ1) is 8.65. The Morgan fingerprint density at radius 3 is 2.94 bits per heavy atom. The number of benzene rings is 1. The predicted molar refractivity (Wildman–Crippen MR) is 72.7 cm³/mol. The Bertz CT molecular complexity index is 522. The van der Waals surface area contributed by atoms with Gasteiger partial charge in [0.15, 0.2) is 0 Å². The van der Waals surface area contributed by atoms with Crippen molar-refractivity contribution >= 4 is 17.2 Å². The molecule has 18 heavy (non-hydrogen) atoms. The average molecular weight is 261 g/mol. The molecule has 0 aliphatic carbocycles. The first-order valence-corrected chi connectivity index (χ1v) is 6.69. The first kappa shape index (κ1) is 12.6. The Labute approximate surface area is 110 Å². The average Bonchev–Trinajstić information content (AvgIpc) is 2.81. The van der Waals surface area contributed by atoms with Crippen LogP contribution in [0.5, 0.6) is 5.75 Å². The molecule has 2 rings (SSSR count). The fraction of sp³-hybridized carbons (Fsp3) is 0.214. The predicted octanol–water partition coefficient (Wildman–Crippen LogP) is 2.87. The molecule has 1 amide bonds. The third-order valence-corrected chi connectivity index (χ3v) is 3.40. The zero-order chi connectivity index (χ0) is 13.0. The number of carbonyl (C=O) groups excluding carboxylic acids is 1. The monoisotopic (exact) mass is 261 g/mol. The lowest BCUT2D eigenvalue weighted by molar-refractivity contribution is -0.121. The maximum Gasteiger partial charge on any atom is 0.224 e. The van der Waals surface area contributed by atoms with Crippen LogP contribution < -0.4 is 5.32 Å². The molecule has 94 valence electrons. The molecular weight excluding hydrogens is 246 g/mol. The maximum absolute atomic E-state index is 11.8. The van der Waals surface area contributed by atoms with Gasteiger partial charge in [-0.05, 0) is 47.0 Å². The normalized spacial score (nSPS) is 12.1. The van der Waals surface area contributed by atoms with E-state index in [1.807, 2.05) is 29.8 Å². The number of carbonyl (C=O) groups is 1. The van der Waals surface area contributed by atoms with Gasteiger partial charge in [0, 0.05) is 0 Å². The summed E-state index contributed by atoms with van der Waals surface area (Å²) in [5.41, 5.74) is 1.93. The molecule has 0 bridgehead atoms. The lowest BCUT2D eigenvalue weighted by Crippen LogP contribution is -2.27. The summed E-state index contributed by atoms with van der Waals surface area (Å²) in [6.07, 6.45) is 0.281. The minimum Gasteiger partial charge on any atom is -0.508 e. The van der Waals surface area contributed by atoms with E-state index in [0.717, 1.165) is 11.1 Å². The summed E-state index contributed by atoms with van der Waals surface area (Å²) >= 11 is 1.62. The fourth-order valence-corrected chi connectivity index (χ4v) is 2.50. The highest BCUT2D eigenvalue weighted by Crippen LogP contribution is 2.16. The Balaban J connectivity index is 1.93. The van der Waals surface area contributed by atoms with Gasteiger partial charge in [0.2, 0.25) is 5.91 Å². The van der Waals surface area contributed by atoms with Gasteiger partial charge in [0.1, 0.15) is 5.75 Å². The van der Waals surface area contributed by atoms with E-state index in [1.54, 1.807) is 29.5 Å². The minimum absolute atomic E-state index is 0.0149. The third-order valence-electron chi connectivity index (χ3n) is 2.70. The summed E-state index contributed by atoms with van der Waals surface area (Å²) in [6, 6.07) is 8.78. The number of hydrogen-bond donors (Lipinski definition) is 2. The zero-order valence-electron chi connectivity index (χ0n) is 10.1. The largest absolute Gasteiger partial charge is 0.508 e. The Kier molecular flexibility index (Phi) is 3.99. The summed E-state index contributed by atoms with van der Waals surface area (Å²) in [4.78, 5) is 11.8. The van der Waals surface area contributed by atoms with E-state index >= 15 is 0 Å². The topological polar surface area (TPSA) is 49.3 Å². The van der Waals surface area contributed by atoms with E-state index < -0.39 is 0 Å². The van der Waals surface area contributed by atoms with Gasteiger partial charge in [-0.3, -0.25) is 4.79 Å². The van der Waals surface area contributed by atoms with Crippen molar-refractivity contribution < 1.29 is 9.90 Å². The lowest BCUT2D eigenvalue weighted by atomic mass is 10.1. The molecule has 1 atom stereocenters. The highest BCUT2D eigenvalue weighted by molar-refractivity contribution is 7.07. The molecule has 0 saturated carbocycles. The minimum atomic E-state index is -0.0423. The van der Waals surface area contributed by atoms with E-state index in [9.17, 15) is 9.90 Å². The molecule has 1 aromatic carbocycles. The van der Waals surface area contributed by atoms with E-state index in [2.05, 4.69) is 5.32 Å². The van der Waals surface area contributed by atoms with Crippen molar-refractivity contribution in [2.24, 2.45) is 0 Å². The molecule has 1 aromatic heterocycles. The Morgan fingerprint density at radius 2 is 2.28 bits per heavy atom. The van der Waals surface area contributed by atoms with Gasteiger partial charge < -0.3 is 10.4 Å². The molecule has 0 saturated heterocycles. The number of phenols is 1. The number of amides is 1. The highest BCUT2D eigenvalue weighted by Gasteiger charge is 2.10. The third kappa shape index (κ3) is 3.34. The van der Waals surface area contributed by atoms with Crippen LogP contribution in [-0.2, 0) is 11.2 Å². The second-order valence-electron chi connectivity index (χ2n) is 4.19. The zero-order valence-corrected chi connectivity index (χ0v) is 10.9. The summed E-state index contributed by atoms with van der Waals surface area (Å²) < 4.78 is 0. The molecule has 0 aliphatic heterocycles. The quantitative estimate of drug-likeness (QED) is 0.889. The smallest absolute Gasteiger partial charge is 0.224 e. The molecule has 0 aliphatic rings. The van der Waals surface area contributed by atoms with Crippen LogP contribution in [0, 0.1) is 0 Å². The number of rotatable bonds is 4. The number of hydrogen-bond acceptors (Lipinski definition) is 3. The van der Waals surface area contributed by atoms with Gasteiger partial charge in [0.25, 0.3) is 0 Å². The van der Waals surface area contributed by atoms with Crippen LogP contribution in [0.25, 0.3) is 0 Å². The lowest BCUT2D eigenvalue weighted by Gasteiger charge is -2.12. The van der Waals surface area contributed by atoms with Crippen molar-refractivity contribution in [1.82, 2.24) is 5.32 Å². The van der Waals surface area contributed by atoms with Gasteiger partial charge in [-0.15, -0.1) is 0 Å². The number of nitrogens with one attached hydrogen (secondary N) is 1. The van der Waals surface area contributed by atoms with E-state index in [-0.39, 0.29) is 24.1 Å². The molecule has 0 radical (unpaired) electrons. The number of thiophene rings is 1. The van der Waals surface area contributed by atoms with Crippen LogP contribution in [-0.4, -0.2) is 11.0 Å². The Hall–Kier alpha value is -1.81. The van der Waals surface area contributed by atoms with Crippen LogP contribution >= 0.6 is 11.3 Å². The first-order valence-electron chi connectivity index (χ1n) is 5.74. The molecule has 4 heteroatoms. The van der Waals surface area contributed by atoms with Crippen molar-refractivity contribution in [3.05, 3.63) is 52.2 Å². The van der Waals surface area contributed by atoms with Crippen molar-refractivity contribution in [2.75, 3.05) is 0 Å². The van der Waals surface area contributed by atoms with E-state index in [4.69, 9.17) is 0 Å². The van der Waals surface area contributed by atoms with Crippen LogP contribution in [0.3, 0.4) is 0 Å². The molecule has 0 spiro atoms. The molecule has 2 aromatic rings. The summed E-state index contributed by atoms with van der Waals surface area (Å²) in [5, 5.41) is 16.3. The number of aromatic hydroxyl groups is 1. The van der Waals surface area contributed by atoms with Crippen LogP contribution in [0.2, 0.25) is 0 Å². The molecule has 3 nitrogen and oxygen atoms in total. The fourth-order valence-electron chi connectivity index (χ4n) is 1.75. The van der Waals surface area contributed by atoms with Crippen molar-refractivity contribution in [1.29, 1.82) is 0 Å². The molecule has 2 N–H and O–H groups in total. The highest BCUT2D eigenvalue weighted by atomic mass is 32.1. The molecule has 1 heterocycles. The summed E-state index contributed by atoms with van der Waals surface area (Å²) in [5.74, 6) is 0.144.